The number of methoxy groups -OCH3 is 1. The number of ether oxygens (including phenoxy) is 1. The van der Waals surface area contributed by atoms with Crippen molar-refractivity contribution in [2.24, 2.45) is 0 Å². The highest BCUT2D eigenvalue weighted by Gasteiger charge is 2.38. The lowest BCUT2D eigenvalue weighted by molar-refractivity contribution is -0.203. The summed E-state index contributed by atoms with van der Waals surface area (Å²) in [5.74, 6) is 0.271. The van der Waals surface area contributed by atoms with E-state index in [-0.39, 0.29) is 11.3 Å². The minimum absolute atomic E-state index is 0.222. The Bertz CT molecular complexity index is 366. The number of rotatable bonds is 3. The van der Waals surface area contributed by atoms with E-state index in [0.29, 0.717) is 5.02 Å². The van der Waals surface area contributed by atoms with Crippen LogP contribution in [0.5, 0.6) is 5.75 Å². The number of aliphatic hydroxyl groups excluding tert-OH is 1. The molecule has 16 heavy (non-hydrogen) atoms. The van der Waals surface area contributed by atoms with Crippen molar-refractivity contribution in [1.82, 2.24) is 0 Å². The average Bonchev–Trinajstić information content (AvgIpc) is 2.16. The minimum atomic E-state index is -4.65. The van der Waals surface area contributed by atoms with Gasteiger partial charge >= 0.3 is 6.18 Å². The zero-order valence-electron chi connectivity index (χ0n) is 8.38. The van der Waals surface area contributed by atoms with Gasteiger partial charge < -0.3 is 9.84 Å². The highest BCUT2D eigenvalue weighted by Crippen LogP contribution is 2.28. The molecule has 0 aliphatic rings. The lowest BCUT2D eigenvalue weighted by atomic mass is 10.1. The Balaban J connectivity index is 2.91. The molecule has 0 saturated heterocycles. The summed E-state index contributed by atoms with van der Waals surface area (Å²) in [6.45, 7) is 0. The second-order valence-corrected chi connectivity index (χ2v) is 3.65. The fourth-order valence-electron chi connectivity index (χ4n) is 1.23. The maximum atomic E-state index is 12.1. The third kappa shape index (κ3) is 3.28. The van der Waals surface area contributed by atoms with Gasteiger partial charge in [-0.15, -0.1) is 0 Å². The first-order chi connectivity index (χ1) is 7.34. The van der Waals surface area contributed by atoms with Gasteiger partial charge in [0.15, 0.2) is 6.10 Å². The Morgan fingerprint density at radius 3 is 2.56 bits per heavy atom. The molecule has 1 aromatic carbocycles. The monoisotopic (exact) mass is 254 g/mol. The number of aliphatic hydroxyl groups is 1. The quantitative estimate of drug-likeness (QED) is 0.899. The summed E-state index contributed by atoms with van der Waals surface area (Å²) in [5.41, 5.74) is 0.222. The molecule has 0 heterocycles. The fourth-order valence-corrected chi connectivity index (χ4v) is 1.43. The summed E-state index contributed by atoms with van der Waals surface area (Å²) < 4.78 is 41.3. The molecular formula is C10H10ClF3O2. The molecule has 1 atom stereocenters. The Labute approximate surface area is 95.6 Å². The Hall–Kier alpha value is -0.940. The van der Waals surface area contributed by atoms with Crippen LogP contribution < -0.4 is 4.74 Å². The molecule has 0 spiro atoms. The molecule has 0 aliphatic heterocycles. The fraction of sp³-hybridized carbons (Fsp3) is 0.400. The number of benzene rings is 1. The largest absolute Gasteiger partial charge is 0.496 e. The number of halogens is 4. The van der Waals surface area contributed by atoms with Crippen molar-refractivity contribution in [3.63, 3.8) is 0 Å². The van der Waals surface area contributed by atoms with Crippen molar-refractivity contribution in [1.29, 1.82) is 0 Å². The summed E-state index contributed by atoms with van der Waals surface area (Å²) in [6.07, 6.45) is -7.64. The topological polar surface area (TPSA) is 29.5 Å². The molecule has 0 bridgehead atoms. The van der Waals surface area contributed by atoms with E-state index >= 15 is 0 Å². The van der Waals surface area contributed by atoms with E-state index in [9.17, 15) is 13.2 Å². The van der Waals surface area contributed by atoms with Gasteiger partial charge in [-0.1, -0.05) is 11.6 Å². The maximum Gasteiger partial charge on any atom is 0.414 e. The standard InChI is InChI=1S/C10H10ClF3O2/c1-16-8-3-2-7(11)4-6(8)5-9(15)10(12,13)14/h2-4,9,15H,5H2,1H3/t9-/m0/s1. The van der Waals surface area contributed by atoms with E-state index in [2.05, 4.69) is 0 Å². The van der Waals surface area contributed by atoms with Crippen LogP contribution in [0.25, 0.3) is 0 Å². The van der Waals surface area contributed by atoms with Crippen molar-refractivity contribution in [2.75, 3.05) is 7.11 Å². The van der Waals surface area contributed by atoms with Crippen LogP contribution in [0.3, 0.4) is 0 Å². The molecule has 6 heteroatoms. The predicted octanol–water partition coefficient (Wildman–Crippen LogP) is 2.81. The molecular weight excluding hydrogens is 245 g/mol. The summed E-state index contributed by atoms with van der Waals surface area (Å²) in [5, 5.41) is 9.22. The van der Waals surface area contributed by atoms with Gasteiger partial charge in [0.1, 0.15) is 5.75 Å². The predicted molar refractivity (Wildman–Crippen MR) is 53.8 cm³/mol. The minimum Gasteiger partial charge on any atom is -0.496 e. The molecule has 0 unspecified atom stereocenters. The first kappa shape index (κ1) is 13.1. The third-order valence-corrected chi connectivity index (χ3v) is 2.27. The van der Waals surface area contributed by atoms with Gasteiger partial charge in [-0.05, 0) is 23.8 Å². The molecule has 0 saturated carbocycles. The van der Waals surface area contributed by atoms with Gasteiger partial charge in [0.25, 0.3) is 0 Å². The second kappa shape index (κ2) is 4.93. The van der Waals surface area contributed by atoms with Crippen LogP contribution >= 0.6 is 11.6 Å². The summed E-state index contributed by atoms with van der Waals surface area (Å²) in [4.78, 5) is 0. The lowest BCUT2D eigenvalue weighted by Gasteiger charge is -2.16. The van der Waals surface area contributed by atoms with Gasteiger partial charge in [0.05, 0.1) is 7.11 Å². The zero-order chi connectivity index (χ0) is 12.3. The summed E-state index contributed by atoms with van der Waals surface area (Å²) >= 11 is 5.65. The van der Waals surface area contributed by atoms with Crippen LogP contribution in [0.2, 0.25) is 5.02 Å². The molecule has 2 nitrogen and oxygen atoms in total. The van der Waals surface area contributed by atoms with Crippen molar-refractivity contribution in [3.8, 4) is 5.75 Å². The Morgan fingerprint density at radius 1 is 1.44 bits per heavy atom. The van der Waals surface area contributed by atoms with Gasteiger partial charge in [-0.25, -0.2) is 0 Å². The van der Waals surface area contributed by atoms with E-state index in [4.69, 9.17) is 21.4 Å². The lowest BCUT2D eigenvalue weighted by Crippen LogP contribution is -2.30. The number of alkyl halides is 3. The number of hydrogen-bond acceptors (Lipinski definition) is 2. The molecule has 0 radical (unpaired) electrons. The van der Waals surface area contributed by atoms with Gasteiger partial charge in [-0.2, -0.15) is 13.2 Å². The van der Waals surface area contributed by atoms with Crippen LogP contribution in [0, 0.1) is 0 Å². The van der Waals surface area contributed by atoms with E-state index in [1.165, 1.54) is 25.3 Å². The summed E-state index contributed by atoms with van der Waals surface area (Å²) in [6, 6.07) is 4.31. The molecule has 1 aromatic rings. The van der Waals surface area contributed by atoms with E-state index in [0.717, 1.165) is 0 Å². The van der Waals surface area contributed by atoms with Crippen molar-refractivity contribution in [3.05, 3.63) is 28.8 Å². The molecule has 0 aromatic heterocycles. The molecule has 0 fully saturated rings. The van der Waals surface area contributed by atoms with Crippen molar-refractivity contribution >= 4 is 11.6 Å². The van der Waals surface area contributed by atoms with Gasteiger partial charge in [-0.3, -0.25) is 0 Å². The first-order valence-corrected chi connectivity index (χ1v) is 4.79. The average molecular weight is 255 g/mol. The van der Waals surface area contributed by atoms with E-state index in [1.807, 2.05) is 0 Å². The SMILES string of the molecule is COc1ccc(Cl)cc1C[C@H](O)C(F)(F)F. The van der Waals surface area contributed by atoms with E-state index in [1.54, 1.807) is 0 Å². The molecule has 1 rings (SSSR count). The Kier molecular flexibility index (Phi) is 4.04. The normalized spacial score (nSPS) is 13.6. The second-order valence-electron chi connectivity index (χ2n) is 3.22. The van der Waals surface area contributed by atoms with Gasteiger partial charge in [0, 0.05) is 11.4 Å². The highest BCUT2D eigenvalue weighted by atomic mass is 35.5. The van der Waals surface area contributed by atoms with Crippen LogP contribution in [-0.2, 0) is 6.42 Å². The highest BCUT2D eigenvalue weighted by molar-refractivity contribution is 6.30. The van der Waals surface area contributed by atoms with Crippen molar-refractivity contribution < 1.29 is 23.0 Å². The Morgan fingerprint density at radius 2 is 2.06 bits per heavy atom. The van der Waals surface area contributed by atoms with Crippen LogP contribution in [0.4, 0.5) is 13.2 Å². The van der Waals surface area contributed by atoms with Gasteiger partial charge in [0.2, 0.25) is 0 Å². The maximum absolute atomic E-state index is 12.1. The van der Waals surface area contributed by atoms with Crippen LogP contribution in [0.15, 0.2) is 18.2 Å². The van der Waals surface area contributed by atoms with E-state index < -0.39 is 18.7 Å². The molecule has 0 amide bonds. The number of hydrogen-bond donors (Lipinski definition) is 1. The zero-order valence-corrected chi connectivity index (χ0v) is 9.14. The smallest absolute Gasteiger partial charge is 0.414 e. The summed E-state index contributed by atoms with van der Waals surface area (Å²) in [7, 11) is 1.34. The molecule has 90 valence electrons. The van der Waals surface area contributed by atoms with Crippen molar-refractivity contribution in [2.45, 2.75) is 18.7 Å². The molecule has 0 aliphatic carbocycles. The van der Waals surface area contributed by atoms with Crippen LogP contribution in [0.1, 0.15) is 5.56 Å². The third-order valence-electron chi connectivity index (χ3n) is 2.03. The first-order valence-electron chi connectivity index (χ1n) is 4.42. The molecule has 1 N–H and O–H groups in total. The van der Waals surface area contributed by atoms with Crippen LogP contribution in [-0.4, -0.2) is 24.5 Å².